The van der Waals surface area contributed by atoms with Crippen LogP contribution >= 0.6 is 0 Å². The molecule has 6 heteroatoms. The van der Waals surface area contributed by atoms with Gasteiger partial charge in [0.2, 0.25) is 5.91 Å². The molecule has 1 aromatic rings. The molecule has 1 aromatic carbocycles. The lowest BCUT2D eigenvalue weighted by molar-refractivity contribution is -0.138. The number of aldehydes is 1. The van der Waals surface area contributed by atoms with E-state index >= 15 is 0 Å². The molecule has 1 fully saturated rings. The van der Waals surface area contributed by atoms with Gasteiger partial charge < -0.3 is 20.3 Å². The molecule has 30 heavy (non-hydrogen) atoms. The number of benzene rings is 1. The predicted octanol–water partition coefficient (Wildman–Crippen LogP) is 3.63. The summed E-state index contributed by atoms with van der Waals surface area (Å²) in [5.74, 6) is -0.0968. The van der Waals surface area contributed by atoms with Gasteiger partial charge >= 0.3 is 6.03 Å². The van der Waals surface area contributed by atoms with Crippen LogP contribution in [0, 0.1) is 11.3 Å². The maximum absolute atomic E-state index is 13.2. The van der Waals surface area contributed by atoms with Crippen molar-refractivity contribution in [3.63, 3.8) is 0 Å². The average molecular weight is 414 g/mol. The lowest BCUT2D eigenvalue weighted by Crippen LogP contribution is -2.59. The quantitative estimate of drug-likeness (QED) is 0.670. The molecule has 6 nitrogen and oxygen atoms in total. The second-order valence-electron chi connectivity index (χ2n) is 9.41. The van der Waals surface area contributed by atoms with E-state index in [1.165, 1.54) is 0 Å². The molecular formula is C24H35N3O3. The Morgan fingerprint density at radius 3 is 2.33 bits per heavy atom. The zero-order chi connectivity index (χ0) is 22.5. The summed E-state index contributed by atoms with van der Waals surface area (Å²) in [6.45, 7) is 14.5. The van der Waals surface area contributed by atoms with Gasteiger partial charge in [-0.15, -0.1) is 0 Å². The Morgan fingerprint density at radius 1 is 1.17 bits per heavy atom. The van der Waals surface area contributed by atoms with Crippen LogP contribution < -0.4 is 10.6 Å². The van der Waals surface area contributed by atoms with Crippen LogP contribution in [0.4, 0.5) is 4.79 Å². The zero-order valence-electron chi connectivity index (χ0n) is 18.8. The molecule has 1 aliphatic heterocycles. The molecule has 164 valence electrons. The van der Waals surface area contributed by atoms with Gasteiger partial charge in [-0.25, -0.2) is 4.79 Å². The summed E-state index contributed by atoms with van der Waals surface area (Å²) >= 11 is 0. The Hall–Kier alpha value is -2.63. The van der Waals surface area contributed by atoms with Gasteiger partial charge in [-0.05, 0) is 35.3 Å². The number of likely N-dealkylation sites (tertiary alicyclic amines) is 1. The highest BCUT2D eigenvalue weighted by molar-refractivity contribution is 5.90. The van der Waals surface area contributed by atoms with Crippen molar-refractivity contribution < 1.29 is 14.4 Å². The van der Waals surface area contributed by atoms with Gasteiger partial charge in [0.1, 0.15) is 12.3 Å². The Bertz CT molecular complexity index is 768. The van der Waals surface area contributed by atoms with Crippen LogP contribution in [0.15, 0.2) is 36.9 Å². The summed E-state index contributed by atoms with van der Waals surface area (Å²) in [5, 5.41) is 5.87. The van der Waals surface area contributed by atoms with E-state index in [2.05, 4.69) is 17.2 Å². The van der Waals surface area contributed by atoms with Crippen molar-refractivity contribution in [3.05, 3.63) is 42.5 Å². The van der Waals surface area contributed by atoms with Crippen molar-refractivity contribution in [2.75, 3.05) is 6.54 Å². The highest BCUT2D eigenvalue weighted by Gasteiger charge is 2.39. The largest absolute Gasteiger partial charge is 0.331 e. The number of carbonyl (C=O) groups excluding carboxylic acids is 3. The molecule has 0 radical (unpaired) electrons. The molecule has 0 bridgehead atoms. The van der Waals surface area contributed by atoms with Crippen LogP contribution in [0.1, 0.15) is 53.0 Å². The Kier molecular flexibility index (Phi) is 7.82. The van der Waals surface area contributed by atoms with E-state index in [0.717, 1.165) is 23.8 Å². The van der Waals surface area contributed by atoms with E-state index in [1.54, 1.807) is 4.90 Å². The number of hydrogen-bond acceptors (Lipinski definition) is 3. The molecule has 0 aromatic heterocycles. The minimum atomic E-state index is -0.740. The molecule has 0 saturated carbocycles. The third-order valence-electron chi connectivity index (χ3n) is 5.60. The van der Waals surface area contributed by atoms with Crippen molar-refractivity contribution in [1.82, 2.24) is 15.5 Å². The van der Waals surface area contributed by atoms with Crippen molar-refractivity contribution in [2.24, 2.45) is 11.3 Å². The molecule has 2 unspecified atom stereocenters. The molecule has 1 aliphatic rings. The number of nitrogens with one attached hydrogen (secondary N) is 2. The summed E-state index contributed by atoms with van der Waals surface area (Å²) in [4.78, 5) is 39.0. The molecular weight excluding hydrogens is 378 g/mol. The number of urea groups is 1. The highest BCUT2D eigenvalue weighted by atomic mass is 16.2. The molecule has 2 rings (SSSR count). The van der Waals surface area contributed by atoms with Crippen molar-refractivity contribution in [2.45, 2.75) is 65.6 Å². The normalized spacial score (nSPS) is 18.6. The van der Waals surface area contributed by atoms with E-state index < -0.39 is 23.5 Å². The fraction of sp³-hybridized carbons (Fsp3) is 0.542. The number of nitrogens with zero attached hydrogens (tertiary/aromatic N) is 1. The summed E-state index contributed by atoms with van der Waals surface area (Å²) in [6, 6.07) is 7.89. The van der Waals surface area contributed by atoms with E-state index in [4.69, 9.17) is 0 Å². The van der Waals surface area contributed by atoms with Gasteiger partial charge in [-0.1, -0.05) is 71.5 Å². The van der Waals surface area contributed by atoms with Crippen LogP contribution in [-0.2, 0) is 9.59 Å². The second kappa shape index (κ2) is 9.92. The van der Waals surface area contributed by atoms with Gasteiger partial charge in [0.15, 0.2) is 0 Å². The first-order valence-electron chi connectivity index (χ1n) is 10.6. The Morgan fingerprint density at radius 2 is 1.80 bits per heavy atom. The standard InChI is InChI=1S/C24H35N3O3/c1-16(2)20(17(3)18-11-8-7-9-12-18)25-23(30)26-21(24(4,5)6)22(29)27-14-10-13-19(27)15-28/h7-9,11-12,15-16,19-21H,3,10,13-14H2,1-2,4-6H3,(H2,25,26,30)/t19-,20?,21?/m0/s1. The second-order valence-corrected chi connectivity index (χ2v) is 9.41. The lowest BCUT2D eigenvalue weighted by atomic mass is 9.85. The zero-order valence-corrected chi connectivity index (χ0v) is 18.8. The number of rotatable bonds is 7. The maximum Gasteiger partial charge on any atom is 0.315 e. The molecule has 3 amide bonds. The molecule has 1 saturated heterocycles. The van der Waals surface area contributed by atoms with E-state index in [-0.39, 0.29) is 17.9 Å². The van der Waals surface area contributed by atoms with E-state index in [0.29, 0.717) is 13.0 Å². The van der Waals surface area contributed by atoms with Crippen LogP contribution in [0.3, 0.4) is 0 Å². The summed E-state index contributed by atoms with van der Waals surface area (Å²) in [7, 11) is 0. The van der Waals surface area contributed by atoms with Crippen LogP contribution in [-0.4, -0.2) is 47.8 Å². The molecule has 1 heterocycles. The first-order chi connectivity index (χ1) is 14.1. The monoisotopic (exact) mass is 413 g/mol. The fourth-order valence-corrected chi connectivity index (χ4v) is 3.82. The van der Waals surface area contributed by atoms with Crippen molar-refractivity contribution in [3.8, 4) is 0 Å². The third-order valence-corrected chi connectivity index (χ3v) is 5.60. The van der Waals surface area contributed by atoms with Crippen molar-refractivity contribution in [1.29, 1.82) is 0 Å². The maximum atomic E-state index is 13.2. The van der Waals surface area contributed by atoms with Gasteiger partial charge in [0.25, 0.3) is 0 Å². The minimum Gasteiger partial charge on any atom is -0.331 e. The average Bonchev–Trinajstić information content (AvgIpc) is 3.17. The fourth-order valence-electron chi connectivity index (χ4n) is 3.82. The van der Waals surface area contributed by atoms with Gasteiger partial charge in [0, 0.05) is 6.54 Å². The summed E-state index contributed by atoms with van der Waals surface area (Å²) < 4.78 is 0. The van der Waals surface area contributed by atoms with Crippen LogP contribution in [0.5, 0.6) is 0 Å². The highest BCUT2D eigenvalue weighted by Crippen LogP contribution is 2.26. The molecule has 2 N–H and O–H groups in total. The van der Waals surface area contributed by atoms with Crippen LogP contribution in [0.2, 0.25) is 0 Å². The van der Waals surface area contributed by atoms with Gasteiger partial charge in [0.05, 0.1) is 12.1 Å². The number of carbonyl (C=O) groups is 3. The predicted molar refractivity (Wildman–Crippen MR) is 120 cm³/mol. The number of hydrogen-bond donors (Lipinski definition) is 2. The lowest BCUT2D eigenvalue weighted by Gasteiger charge is -2.35. The third kappa shape index (κ3) is 5.71. The van der Waals surface area contributed by atoms with Crippen LogP contribution in [0.25, 0.3) is 5.57 Å². The SMILES string of the molecule is C=C(c1ccccc1)C(NC(=O)NC(C(=O)N1CCC[C@H]1C=O)C(C)(C)C)C(C)C. The van der Waals surface area contributed by atoms with E-state index in [1.807, 2.05) is 65.0 Å². The van der Waals surface area contributed by atoms with Gasteiger partial charge in [-0.3, -0.25) is 4.79 Å². The summed E-state index contributed by atoms with van der Waals surface area (Å²) in [5.41, 5.74) is 1.28. The molecule has 3 atom stereocenters. The minimum absolute atomic E-state index is 0.116. The smallest absolute Gasteiger partial charge is 0.315 e. The Labute approximate surface area is 180 Å². The first kappa shape index (κ1) is 23.6. The summed E-state index contributed by atoms with van der Waals surface area (Å²) in [6.07, 6.45) is 2.29. The first-order valence-corrected chi connectivity index (χ1v) is 10.6. The topological polar surface area (TPSA) is 78.5 Å². The molecule has 0 aliphatic carbocycles. The molecule has 0 spiro atoms. The Balaban J connectivity index is 2.15. The number of amides is 3. The van der Waals surface area contributed by atoms with Crippen molar-refractivity contribution >= 4 is 23.8 Å². The van der Waals surface area contributed by atoms with E-state index in [9.17, 15) is 14.4 Å². The van der Waals surface area contributed by atoms with Gasteiger partial charge in [-0.2, -0.15) is 0 Å².